The molecule has 0 aromatic heterocycles. The number of halogens is 5. The lowest BCUT2D eigenvalue weighted by Crippen LogP contribution is -2.07. The molecule has 19 heavy (non-hydrogen) atoms. The molecule has 6 heteroatoms. The molecule has 0 saturated heterocycles. The van der Waals surface area contributed by atoms with Crippen LogP contribution in [0.5, 0.6) is 0 Å². The van der Waals surface area contributed by atoms with Crippen LogP contribution in [0.25, 0.3) is 0 Å². The van der Waals surface area contributed by atoms with Crippen molar-refractivity contribution in [2.45, 2.75) is 0 Å². The van der Waals surface area contributed by atoms with E-state index in [1.165, 1.54) is 0 Å². The molecule has 0 fully saturated rings. The third-order valence-electron chi connectivity index (χ3n) is 2.43. The normalized spacial score (nSPS) is 10.6. The van der Waals surface area contributed by atoms with Gasteiger partial charge in [-0.15, -0.1) is 0 Å². The Balaban J connectivity index is 2.56. The Hall–Kier alpha value is -0.340. The summed E-state index contributed by atoms with van der Waals surface area (Å²) in [6.07, 6.45) is 0. The van der Waals surface area contributed by atoms with Crippen LogP contribution in [0.2, 0.25) is 0 Å². The zero-order chi connectivity index (χ0) is 14.2. The Kier molecular flexibility index (Phi) is 4.73. The predicted molar refractivity (Wildman–Crippen MR) is 84.3 cm³/mol. The first kappa shape index (κ1) is 15.1. The Morgan fingerprint density at radius 2 is 1.68 bits per heavy atom. The van der Waals surface area contributed by atoms with Crippen molar-refractivity contribution in [3.8, 4) is 0 Å². The summed E-state index contributed by atoms with van der Waals surface area (Å²) in [7, 11) is 0. The summed E-state index contributed by atoms with van der Waals surface area (Å²) in [5.74, 6) is -1.97. The van der Waals surface area contributed by atoms with Crippen LogP contribution in [0.4, 0.5) is 8.78 Å². The second-order valence-electron chi connectivity index (χ2n) is 3.70. The number of hydrogen-bond acceptors (Lipinski definition) is 1. The number of rotatable bonds is 2. The van der Waals surface area contributed by atoms with E-state index in [0.717, 1.165) is 12.1 Å². The van der Waals surface area contributed by atoms with Crippen molar-refractivity contribution in [2.75, 3.05) is 0 Å². The van der Waals surface area contributed by atoms with Gasteiger partial charge in [0.25, 0.3) is 0 Å². The quantitative estimate of drug-likeness (QED) is 0.309. The Morgan fingerprint density at radius 3 is 2.37 bits per heavy atom. The van der Waals surface area contributed by atoms with Gasteiger partial charge in [-0.2, -0.15) is 0 Å². The van der Waals surface area contributed by atoms with Crippen LogP contribution in [-0.4, -0.2) is 5.78 Å². The minimum atomic E-state index is -0.756. The number of hydrogen-bond donors (Lipinski definition) is 0. The molecule has 1 nitrogen and oxygen atoms in total. The topological polar surface area (TPSA) is 17.1 Å². The molecular formula is C13H5Br2F2IO. The minimum absolute atomic E-state index is 0.00881. The summed E-state index contributed by atoms with van der Waals surface area (Å²) in [4.78, 5) is 12.3. The molecule has 0 unspecified atom stereocenters. The minimum Gasteiger partial charge on any atom is -0.288 e. The Labute approximate surface area is 138 Å². The van der Waals surface area contributed by atoms with Crippen LogP contribution in [0, 0.1) is 15.2 Å². The molecule has 0 saturated carbocycles. The van der Waals surface area contributed by atoms with Gasteiger partial charge >= 0.3 is 0 Å². The molecule has 0 spiro atoms. The first-order valence-corrected chi connectivity index (χ1v) is 7.71. The molecule has 0 aliphatic heterocycles. The molecule has 0 amide bonds. The van der Waals surface area contributed by atoms with Crippen LogP contribution in [0.15, 0.2) is 39.3 Å². The van der Waals surface area contributed by atoms with E-state index in [1.807, 2.05) is 22.6 Å². The molecule has 0 N–H and O–H groups in total. The fourth-order valence-corrected chi connectivity index (χ4v) is 2.77. The number of ketones is 1. The van der Waals surface area contributed by atoms with E-state index in [-0.39, 0.29) is 10.0 Å². The van der Waals surface area contributed by atoms with E-state index in [0.29, 0.717) is 13.6 Å². The van der Waals surface area contributed by atoms with Gasteiger partial charge in [0.2, 0.25) is 0 Å². The summed E-state index contributed by atoms with van der Waals surface area (Å²) >= 11 is 8.11. The molecule has 2 aromatic carbocycles. The maximum Gasteiger partial charge on any atom is 0.197 e. The van der Waals surface area contributed by atoms with E-state index in [2.05, 4.69) is 31.9 Å². The van der Waals surface area contributed by atoms with Gasteiger partial charge in [-0.3, -0.25) is 4.79 Å². The average Bonchev–Trinajstić information content (AvgIpc) is 2.36. The van der Waals surface area contributed by atoms with Gasteiger partial charge in [-0.1, -0.05) is 15.9 Å². The van der Waals surface area contributed by atoms with E-state index in [4.69, 9.17) is 0 Å². The Morgan fingerprint density at radius 1 is 1.00 bits per heavy atom. The lowest BCUT2D eigenvalue weighted by molar-refractivity contribution is 0.103. The third-order valence-corrected chi connectivity index (χ3v) is 4.47. The van der Waals surface area contributed by atoms with Gasteiger partial charge in [-0.05, 0) is 68.9 Å². The first-order valence-electron chi connectivity index (χ1n) is 5.04. The molecule has 0 atom stereocenters. The smallest absolute Gasteiger partial charge is 0.197 e. The maximum absolute atomic E-state index is 13.8. The second-order valence-corrected chi connectivity index (χ2v) is 6.63. The fraction of sp³-hybridized carbons (Fsp3) is 0. The Bertz CT molecular complexity index is 674. The summed E-state index contributed by atoms with van der Waals surface area (Å²) in [6.45, 7) is 0. The molecular weight excluding hydrogens is 497 g/mol. The lowest BCUT2D eigenvalue weighted by atomic mass is 10.0. The van der Waals surface area contributed by atoms with Gasteiger partial charge in [0.15, 0.2) is 5.78 Å². The summed E-state index contributed by atoms with van der Waals surface area (Å²) in [5, 5.41) is 0. The zero-order valence-corrected chi connectivity index (χ0v) is 14.5. The highest BCUT2D eigenvalue weighted by molar-refractivity contribution is 14.1. The average molecular weight is 502 g/mol. The maximum atomic E-state index is 13.8. The largest absolute Gasteiger partial charge is 0.288 e. The van der Waals surface area contributed by atoms with Gasteiger partial charge in [-0.25, -0.2) is 8.78 Å². The summed E-state index contributed by atoms with van der Waals surface area (Å²) in [5.41, 5.74) is 0.0484. The van der Waals surface area contributed by atoms with Crippen molar-refractivity contribution >= 4 is 60.2 Å². The number of carbonyl (C=O) groups excluding carboxylic acids is 1. The molecule has 0 bridgehead atoms. The van der Waals surface area contributed by atoms with Crippen molar-refractivity contribution in [1.82, 2.24) is 0 Å². The third kappa shape index (κ3) is 3.22. The van der Waals surface area contributed by atoms with Gasteiger partial charge < -0.3 is 0 Å². The van der Waals surface area contributed by atoms with Crippen molar-refractivity contribution in [1.29, 1.82) is 0 Å². The fourth-order valence-electron chi connectivity index (χ4n) is 1.51. The van der Waals surface area contributed by atoms with Crippen LogP contribution in [0.3, 0.4) is 0 Å². The number of carbonyl (C=O) groups is 1. The van der Waals surface area contributed by atoms with Crippen LogP contribution in [-0.2, 0) is 0 Å². The van der Waals surface area contributed by atoms with E-state index >= 15 is 0 Å². The van der Waals surface area contributed by atoms with Gasteiger partial charge in [0.05, 0.1) is 10.0 Å². The summed E-state index contributed by atoms with van der Waals surface area (Å²) in [6, 6.07) is 6.94. The van der Waals surface area contributed by atoms with Crippen LogP contribution >= 0.6 is 54.5 Å². The highest BCUT2D eigenvalue weighted by atomic mass is 127. The molecule has 0 heterocycles. The van der Waals surface area contributed by atoms with Crippen molar-refractivity contribution in [3.63, 3.8) is 0 Å². The highest BCUT2D eigenvalue weighted by Gasteiger charge is 2.19. The van der Waals surface area contributed by atoms with E-state index in [9.17, 15) is 13.6 Å². The van der Waals surface area contributed by atoms with Crippen LogP contribution < -0.4 is 0 Å². The second kappa shape index (κ2) is 5.97. The SMILES string of the molecule is O=C(c1cc(F)c(Br)cc1F)c1cc(Br)ccc1I. The highest BCUT2D eigenvalue weighted by Crippen LogP contribution is 2.25. The first-order chi connectivity index (χ1) is 8.90. The number of benzene rings is 2. The van der Waals surface area contributed by atoms with Crippen molar-refractivity contribution < 1.29 is 13.6 Å². The molecule has 0 aliphatic rings. The molecule has 0 radical (unpaired) electrons. The molecule has 2 aromatic rings. The lowest BCUT2D eigenvalue weighted by Gasteiger charge is -2.07. The molecule has 2 rings (SSSR count). The molecule has 0 aliphatic carbocycles. The predicted octanol–water partition coefficient (Wildman–Crippen LogP) is 5.33. The molecule has 98 valence electrons. The van der Waals surface area contributed by atoms with Crippen molar-refractivity contribution in [2.24, 2.45) is 0 Å². The van der Waals surface area contributed by atoms with E-state index < -0.39 is 17.4 Å². The van der Waals surface area contributed by atoms with Crippen LogP contribution in [0.1, 0.15) is 15.9 Å². The van der Waals surface area contributed by atoms with Crippen molar-refractivity contribution in [3.05, 3.63) is 65.6 Å². The zero-order valence-electron chi connectivity index (χ0n) is 9.18. The summed E-state index contributed by atoms with van der Waals surface area (Å²) < 4.78 is 28.6. The van der Waals surface area contributed by atoms with E-state index in [1.54, 1.807) is 18.2 Å². The van der Waals surface area contributed by atoms with Gasteiger partial charge in [0.1, 0.15) is 11.6 Å². The standard InChI is InChI=1S/C13H5Br2F2IO/c14-6-1-2-12(18)8(3-6)13(19)7-4-11(17)9(15)5-10(7)16/h1-5H. The van der Waals surface area contributed by atoms with Gasteiger partial charge in [0, 0.05) is 13.6 Å². The monoisotopic (exact) mass is 500 g/mol.